The molecule has 1 saturated heterocycles. The lowest BCUT2D eigenvalue weighted by Crippen LogP contribution is -2.54. The van der Waals surface area contributed by atoms with Crippen LogP contribution in [0.25, 0.3) is 17.0 Å². The van der Waals surface area contributed by atoms with Crippen molar-refractivity contribution in [2.45, 2.75) is 71.4 Å². The number of rotatable bonds is 5. The van der Waals surface area contributed by atoms with Crippen molar-refractivity contribution in [1.82, 2.24) is 15.0 Å². The van der Waals surface area contributed by atoms with Gasteiger partial charge < -0.3 is 19.4 Å². The lowest BCUT2D eigenvalue weighted by atomic mass is 9.66. The van der Waals surface area contributed by atoms with E-state index < -0.39 is 23.5 Å². The smallest absolute Gasteiger partial charge is 0.310 e. The number of carboxylic acids is 1. The van der Waals surface area contributed by atoms with Gasteiger partial charge in [-0.25, -0.2) is 0 Å². The van der Waals surface area contributed by atoms with E-state index in [1.165, 1.54) is 0 Å². The number of aromatic nitrogens is 1. The number of fused-ring (bicyclic) bond motifs is 2. The summed E-state index contributed by atoms with van der Waals surface area (Å²) in [5.74, 6) is -1.69. The van der Waals surface area contributed by atoms with Gasteiger partial charge in [0.15, 0.2) is 5.58 Å². The zero-order chi connectivity index (χ0) is 30.0. The number of amides is 2. The Bertz CT molecular complexity index is 1520. The summed E-state index contributed by atoms with van der Waals surface area (Å²) in [5, 5.41) is 15.6. The molecule has 222 valence electrons. The summed E-state index contributed by atoms with van der Waals surface area (Å²) in [6.07, 6.45) is 6.53. The van der Waals surface area contributed by atoms with Gasteiger partial charge in [0, 0.05) is 35.5 Å². The molecule has 2 unspecified atom stereocenters. The molecular weight excluding hydrogens is 554 g/mol. The van der Waals surface area contributed by atoms with Crippen LogP contribution < -0.4 is 0 Å². The summed E-state index contributed by atoms with van der Waals surface area (Å²) in [6, 6.07) is 11.6. The molecule has 1 aliphatic carbocycles. The fourth-order valence-electron chi connectivity index (χ4n) is 6.76. The molecule has 1 N–H and O–H groups in total. The number of likely N-dealkylation sites (tertiary alicyclic amines) is 1. The van der Waals surface area contributed by atoms with Gasteiger partial charge in [0.2, 0.25) is 11.8 Å². The quantitative estimate of drug-likeness (QED) is 0.356. The summed E-state index contributed by atoms with van der Waals surface area (Å²) >= 11 is 6.52. The van der Waals surface area contributed by atoms with Crippen molar-refractivity contribution >= 4 is 46.4 Å². The van der Waals surface area contributed by atoms with E-state index in [2.05, 4.69) is 18.7 Å². The third kappa shape index (κ3) is 5.33. The summed E-state index contributed by atoms with van der Waals surface area (Å²) in [5.41, 5.74) is 3.48. The zero-order valence-corrected chi connectivity index (χ0v) is 25.0. The van der Waals surface area contributed by atoms with Crippen LogP contribution in [0.1, 0.15) is 80.9 Å². The van der Waals surface area contributed by atoms with Crippen LogP contribution >= 0.6 is 11.6 Å². The summed E-state index contributed by atoms with van der Waals surface area (Å²) in [6.45, 7) is 8.67. The van der Waals surface area contributed by atoms with Gasteiger partial charge in [-0.15, -0.1) is 0 Å². The third-order valence-electron chi connectivity index (χ3n) is 9.18. The van der Waals surface area contributed by atoms with E-state index in [0.717, 1.165) is 59.0 Å². The Morgan fingerprint density at radius 1 is 1.17 bits per heavy atom. The number of carbonyl (C=O) groups is 3. The van der Waals surface area contributed by atoms with Crippen LogP contribution in [0.2, 0.25) is 5.02 Å². The second-order valence-electron chi connectivity index (χ2n) is 11.6. The predicted octanol–water partition coefficient (Wildman–Crippen LogP) is 6.66. The molecule has 1 saturated carbocycles. The number of aliphatic carboxylic acids is 1. The first-order valence-corrected chi connectivity index (χ1v) is 15.2. The van der Waals surface area contributed by atoms with Crippen molar-refractivity contribution in [3.8, 4) is 0 Å². The standard InChI is InChI=1S/C24H29ClN2O4.C9H9NO/c1-3-15-9-10-18(25)16-11-14-27(21(20(15)16)26-13-6-8-19(26)28)22(29)17-7-4-5-12-24(17,2)23(30)31;1-2-8-7-5-3-4-6-9(7)11-10-8/h3,9-10,17,21H,1,4-8,11-14H2,2H3,(H,30,31);3-6H,2H2,1H3/t17?,21?,24-;/m0./s1. The fourth-order valence-corrected chi connectivity index (χ4v) is 7.02. The average Bonchev–Trinajstić information content (AvgIpc) is 3.62. The van der Waals surface area contributed by atoms with Crippen LogP contribution in [0, 0.1) is 11.3 Å². The molecule has 6 rings (SSSR count). The van der Waals surface area contributed by atoms with Crippen LogP contribution in [0.4, 0.5) is 0 Å². The first-order valence-electron chi connectivity index (χ1n) is 14.8. The highest BCUT2D eigenvalue weighted by Gasteiger charge is 2.50. The van der Waals surface area contributed by atoms with Crippen molar-refractivity contribution in [2.24, 2.45) is 11.3 Å². The molecule has 2 aromatic carbocycles. The number of hydrogen-bond acceptors (Lipinski definition) is 5. The topological polar surface area (TPSA) is 104 Å². The lowest BCUT2D eigenvalue weighted by molar-refractivity contribution is -0.165. The molecule has 8 nitrogen and oxygen atoms in total. The second kappa shape index (κ2) is 12.3. The van der Waals surface area contributed by atoms with Crippen molar-refractivity contribution < 1.29 is 24.0 Å². The number of carbonyl (C=O) groups excluding carboxylic acids is 2. The monoisotopic (exact) mass is 591 g/mol. The first kappa shape index (κ1) is 29.8. The molecule has 0 radical (unpaired) electrons. The van der Waals surface area contributed by atoms with Crippen LogP contribution in [-0.4, -0.2) is 50.9 Å². The lowest BCUT2D eigenvalue weighted by Gasteiger charge is -2.47. The van der Waals surface area contributed by atoms with Crippen molar-refractivity contribution in [1.29, 1.82) is 0 Å². The maximum atomic E-state index is 13.9. The van der Waals surface area contributed by atoms with E-state index in [4.69, 9.17) is 16.1 Å². The number of aryl methyl sites for hydroxylation is 1. The summed E-state index contributed by atoms with van der Waals surface area (Å²) in [4.78, 5) is 42.3. The Hall–Kier alpha value is -3.65. The second-order valence-corrected chi connectivity index (χ2v) is 12.0. The molecule has 3 atom stereocenters. The Kier molecular flexibility index (Phi) is 8.73. The molecule has 2 fully saturated rings. The highest BCUT2D eigenvalue weighted by Crippen LogP contribution is 2.46. The van der Waals surface area contributed by atoms with Crippen molar-refractivity contribution in [2.75, 3.05) is 13.1 Å². The van der Waals surface area contributed by atoms with Crippen LogP contribution in [0.15, 0.2) is 47.5 Å². The Morgan fingerprint density at radius 3 is 2.64 bits per heavy atom. The minimum absolute atomic E-state index is 0.00952. The molecule has 42 heavy (non-hydrogen) atoms. The molecule has 3 heterocycles. The number of hydrogen-bond donors (Lipinski definition) is 1. The van der Waals surface area contributed by atoms with Gasteiger partial charge >= 0.3 is 5.97 Å². The Labute approximate surface area is 251 Å². The molecular formula is C33H38ClN3O5. The molecule has 0 bridgehead atoms. The minimum atomic E-state index is -1.09. The number of para-hydroxylation sites is 1. The van der Waals surface area contributed by atoms with Gasteiger partial charge in [0.25, 0.3) is 0 Å². The Balaban J connectivity index is 0.000000267. The summed E-state index contributed by atoms with van der Waals surface area (Å²) < 4.78 is 5.09. The van der Waals surface area contributed by atoms with Crippen LogP contribution in [0.3, 0.4) is 0 Å². The number of carboxylic acid groups (broad SMARTS) is 1. The van der Waals surface area contributed by atoms with Gasteiger partial charge in [-0.2, -0.15) is 0 Å². The highest BCUT2D eigenvalue weighted by atomic mass is 35.5. The van der Waals surface area contributed by atoms with Crippen LogP contribution in [-0.2, 0) is 27.2 Å². The number of benzene rings is 2. The van der Waals surface area contributed by atoms with E-state index in [9.17, 15) is 19.5 Å². The molecule has 2 amide bonds. The maximum Gasteiger partial charge on any atom is 0.310 e. The minimum Gasteiger partial charge on any atom is -0.481 e. The highest BCUT2D eigenvalue weighted by molar-refractivity contribution is 6.31. The first-order chi connectivity index (χ1) is 20.2. The van der Waals surface area contributed by atoms with Gasteiger partial charge in [0.1, 0.15) is 6.17 Å². The number of halogens is 1. The molecule has 0 spiro atoms. The molecule has 9 heteroatoms. The van der Waals surface area contributed by atoms with E-state index in [0.29, 0.717) is 43.8 Å². The van der Waals surface area contributed by atoms with Crippen molar-refractivity contribution in [3.05, 3.63) is 70.4 Å². The maximum absolute atomic E-state index is 13.9. The van der Waals surface area contributed by atoms with E-state index in [-0.39, 0.29) is 11.8 Å². The Morgan fingerprint density at radius 2 is 1.95 bits per heavy atom. The average molecular weight is 592 g/mol. The predicted molar refractivity (Wildman–Crippen MR) is 162 cm³/mol. The third-order valence-corrected chi connectivity index (χ3v) is 9.53. The molecule has 3 aliphatic rings. The van der Waals surface area contributed by atoms with Gasteiger partial charge in [-0.1, -0.05) is 67.4 Å². The van der Waals surface area contributed by atoms with E-state index in [1.807, 2.05) is 36.4 Å². The van der Waals surface area contributed by atoms with Gasteiger partial charge in [0.05, 0.1) is 17.0 Å². The normalized spacial score (nSPS) is 23.7. The van der Waals surface area contributed by atoms with Gasteiger partial charge in [-0.3, -0.25) is 14.4 Å². The van der Waals surface area contributed by atoms with Crippen molar-refractivity contribution in [3.63, 3.8) is 0 Å². The molecule has 2 aliphatic heterocycles. The molecule has 3 aromatic rings. The molecule has 1 aromatic heterocycles. The summed E-state index contributed by atoms with van der Waals surface area (Å²) in [7, 11) is 0. The SMILES string of the molecule is C=Cc1ccc(Cl)c2c1C(N1CCCC1=O)N(C(=O)C1CCCC[C@]1(C)C(=O)O)CC2.CCc1noc2ccccc12. The van der Waals surface area contributed by atoms with E-state index >= 15 is 0 Å². The van der Waals surface area contributed by atoms with Crippen LogP contribution in [0.5, 0.6) is 0 Å². The van der Waals surface area contributed by atoms with E-state index in [1.54, 1.807) is 22.8 Å². The fraction of sp³-hybridized carbons (Fsp3) is 0.455. The number of nitrogens with zero attached hydrogens (tertiary/aromatic N) is 3. The zero-order valence-electron chi connectivity index (χ0n) is 24.3. The largest absolute Gasteiger partial charge is 0.481 e. The van der Waals surface area contributed by atoms with Gasteiger partial charge in [-0.05, 0) is 68.4 Å².